The molecule has 126 valence electrons. The van der Waals surface area contributed by atoms with Gasteiger partial charge >= 0.3 is 0 Å². The van der Waals surface area contributed by atoms with Crippen LogP contribution >= 0.6 is 0 Å². The summed E-state index contributed by atoms with van der Waals surface area (Å²) in [6.45, 7) is 8.38. The van der Waals surface area contributed by atoms with E-state index in [-0.39, 0.29) is 0 Å². The maximum Gasteiger partial charge on any atom is -0.0162 e. The van der Waals surface area contributed by atoms with Crippen molar-refractivity contribution in [3.63, 3.8) is 0 Å². The second-order valence-electron chi connectivity index (χ2n) is 7.62. The van der Waals surface area contributed by atoms with E-state index in [1.807, 2.05) is 0 Å². The van der Waals surface area contributed by atoms with E-state index in [0.29, 0.717) is 0 Å². The quantitative estimate of drug-likeness (QED) is 0.510. The van der Waals surface area contributed by atoms with Crippen molar-refractivity contribution in [2.75, 3.05) is 0 Å². The number of hydrogen-bond acceptors (Lipinski definition) is 0. The molecule has 0 aliphatic heterocycles. The predicted octanol–water partition coefficient (Wildman–Crippen LogP) is 7.22. The minimum Gasteiger partial charge on any atom is -0.100 e. The van der Waals surface area contributed by atoms with Crippen molar-refractivity contribution in [3.8, 4) is 11.1 Å². The molecule has 0 nitrogen and oxygen atoms in total. The van der Waals surface area contributed by atoms with E-state index < -0.39 is 0 Å². The molecule has 2 aromatic rings. The number of benzene rings is 2. The third kappa shape index (κ3) is 4.38. The van der Waals surface area contributed by atoms with E-state index in [1.54, 1.807) is 5.56 Å². The Morgan fingerprint density at radius 1 is 1.00 bits per heavy atom. The van der Waals surface area contributed by atoms with Gasteiger partial charge in [0.2, 0.25) is 0 Å². The molecular weight excluding hydrogens is 288 g/mol. The predicted molar refractivity (Wildman–Crippen MR) is 106 cm³/mol. The van der Waals surface area contributed by atoms with Crippen LogP contribution in [0, 0.1) is 6.92 Å². The Hall–Kier alpha value is -1.82. The SMILES string of the molecule is C=C(C)CCc1cc(-c2cccc(C)c2)cc(C2CCCCC2)c1. The number of allylic oxidation sites excluding steroid dienone is 1. The molecule has 1 saturated carbocycles. The maximum absolute atomic E-state index is 4.07. The third-order valence-electron chi connectivity index (χ3n) is 5.28. The first-order valence-electron chi connectivity index (χ1n) is 9.47. The van der Waals surface area contributed by atoms with E-state index >= 15 is 0 Å². The van der Waals surface area contributed by atoms with Crippen LogP contribution in [0.2, 0.25) is 0 Å². The van der Waals surface area contributed by atoms with Crippen molar-refractivity contribution < 1.29 is 0 Å². The smallest absolute Gasteiger partial charge is 0.0162 e. The van der Waals surface area contributed by atoms with Gasteiger partial charge in [-0.2, -0.15) is 0 Å². The zero-order valence-corrected chi connectivity index (χ0v) is 15.3. The molecule has 1 fully saturated rings. The van der Waals surface area contributed by atoms with Crippen LogP contribution in [-0.2, 0) is 6.42 Å². The van der Waals surface area contributed by atoms with Crippen molar-refractivity contribution in [3.05, 3.63) is 71.3 Å². The molecule has 0 atom stereocenters. The molecular formula is C24H30. The molecule has 0 saturated heterocycles. The summed E-state index contributed by atoms with van der Waals surface area (Å²) >= 11 is 0. The summed E-state index contributed by atoms with van der Waals surface area (Å²) in [5, 5.41) is 0. The summed E-state index contributed by atoms with van der Waals surface area (Å²) in [4.78, 5) is 0. The lowest BCUT2D eigenvalue weighted by Gasteiger charge is -2.23. The largest absolute Gasteiger partial charge is 0.100 e. The molecule has 2 aromatic carbocycles. The second-order valence-corrected chi connectivity index (χ2v) is 7.62. The van der Waals surface area contributed by atoms with Crippen molar-refractivity contribution in [1.29, 1.82) is 0 Å². The Bertz CT molecular complexity index is 702. The van der Waals surface area contributed by atoms with Gasteiger partial charge in [-0.25, -0.2) is 0 Å². The fourth-order valence-electron chi connectivity index (χ4n) is 3.88. The summed E-state index contributed by atoms with van der Waals surface area (Å²) in [5.41, 5.74) is 8.37. The third-order valence-corrected chi connectivity index (χ3v) is 5.28. The second kappa shape index (κ2) is 7.83. The molecule has 1 aliphatic rings. The molecule has 0 bridgehead atoms. The van der Waals surface area contributed by atoms with Gasteiger partial charge in [-0.05, 0) is 67.7 Å². The van der Waals surface area contributed by atoms with Crippen molar-refractivity contribution in [1.82, 2.24) is 0 Å². The summed E-state index contributed by atoms with van der Waals surface area (Å²) in [5.74, 6) is 0.757. The van der Waals surface area contributed by atoms with Crippen LogP contribution in [0.1, 0.15) is 68.1 Å². The van der Waals surface area contributed by atoms with Gasteiger partial charge in [0, 0.05) is 0 Å². The van der Waals surface area contributed by atoms with E-state index in [9.17, 15) is 0 Å². The fraction of sp³-hybridized carbons (Fsp3) is 0.417. The Kier molecular flexibility index (Phi) is 5.56. The molecule has 0 N–H and O–H groups in total. The first-order valence-corrected chi connectivity index (χ1v) is 9.47. The van der Waals surface area contributed by atoms with E-state index in [4.69, 9.17) is 0 Å². The average molecular weight is 319 g/mol. The molecule has 0 aromatic heterocycles. The molecule has 0 heteroatoms. The lowest BCUT2D eigenvalue weighted by molar-refractivity contribution is 0.443. The lowest BCUT2D eigenvalue weighted by Crippen LogP contribution is -2.05. The summed E-state index contributed by atoms with van der Waals surface area (Å²) in [7, 11) is 0. The van der Waals surface area contributed by atoms with Crippen LogP contribution in [0.4, 0.5) is 0 Å². The Balaban J connectivity index is 1.96. The molecule has 0 amide bonds. The van der Waals surface area contributed by atoms with Crippen LogP contribution in [0.3, 0.4) is 0 Å². The Labute approximate surface area is 147 Å². The zero-order chi connectivity index (χ0) is 16.9. The zero-order valence-electron chi connectivity index (χ0n) is 15.3. The first kappa shape index (κ1) is 17.0. The number of rotatable bonds is 5. The summed E-state index contributed by atoms with van der Waals surface area (Å²) < 4.78 is 0. The lowest BCUT2D eigenvalue weighted by atomic mass is 9.82. The molecule has 24 heavy (non-hydrogen) atoms. The first-order chi connectivity index (χ1) is 11.6. The highest BCUT2D eigenvalue weighted by molar-refractivity contribution is 5.66. The summed E-state index contributed by atoms with van der Waals surface area (Å²) in [6.07, 6.45) is 9.10. The van der Waals surface area contributed by atoms with Crippen LogP contribution in [0.15, 0.2) is 54.6 Å². The Morgan fingerprint density at radius 2 is 1.79 bits per heavy atom. The van der Waals surface area contributed by atoms with Gasteiger partial charge in [-0.3, -0.25) is 0 Å². The van der Waals surface area contributed by atoms with Crippen LogP contribution in [0.25, 0.3) is 11.1 Å². The molecule has 0 unspecified atom stereocenters. The van der Waals surface area contributed by atoms with E-state index in [0.717, 1.165) is 18.8 Å². The highest BCUT2D eigenvalue weighted by Gasteiger charge is 2.17. The van der Waals surface area contributed by atoms with E-state index in [1.165, 1.54) is 59.9 Å². The monoisotopic (exact) mass is 318 g/mol. The molecule has 0 radical (unpaired) electrons. The van der Waals surface area contributed by atoms with Gasteiger partial charge in [0.05, 0.1) is 0 Å². The van der Waals surface area contributed by atoms with Gasteiger partial charge in [-0.15, -0.1) is 6.58 Å². The van der Waals surface area contributed by atoms with Gasteiger partial charge in [0.15, 0.2) is 0 Å². The average Bonchev–Trinajstić information content (AvgIpc) is 2.60. The maximum atomic E-state index is 4.07. The fourth-order valence-corrected chi connectivity index (χ4v) is 3.88. The van der Waals surface area contributed by atoms with Gasteiger partial charge < -0.3 is 0 Å². The standard InChI is InChI=1S/C24H30/c1-18(2)12-13-20-15-23(21-9-5-4-6-10-21)17-24(16-20)22-11-7-8-19(3)14-22/h7-8,11,14-17,21H,1,4-6,9-10,12-13H2,2-3H3. The van der Waals surface area contributed by atoms with Gasteiger partial charge in [0.1, 0.15) is 0 Å². The minimum absolute atomic E-state index is 0.757. The highest BCUT2D eigenvalue weighted by Crippen LogP contribution is 2.35. The normalized spacial score (nSPS) is 15.4. The topological polar surface area (TPSA) is 0 Å². The van der Waals surface area contributed by atoms with Crippen molar-refractivity contribution in [2.24, 2.45) is 0 Å². The number of hydrogen-bond donors (Lipinski definition) is 0. The van der Waals surface area contributed by atoms with Crippen LogP contribution in [-0.4, -0.2) is 0 Å². The molecule has 3 rings (SSSR count). The van der Waals surface area contributed by atoms with Gasteiger partial charge in [-0.1, -0.05) is 72.9 Å². The minimum atomic E-state index is 0.757. The van der Waals surface area contributed by atoms with Gasteiger partial charge in [0.25, 0.3) is 0 Å². The van der Waals surface area contributed by atoms with Crippen LogP contribution in [0.5, 0.6) is 0 Å². The molecule has 1 aliphatic carbocycles. The molecule has 0 spiro atoms. The van der Waals surface area contributed by atoms with Crippen LogP contribution < -0.4 is 0 Å². The van der Waals surface area contributed by atoms with E-state index in [2.05, 4.69) is 62.9 Å². The molecule has 0 heterocycles. The summed E-state index contributed by atoms with van der Waals surface area (Å²) in [6, 6.07) is 16.2. The van der Waals surface area contributed by atoms with Crippen molar-refractivity contribution >= 4 is 0 Å². The Morgan fingerprint density at radius 3 is 2.50 bits per heavy atom. The highest BCUT2D eigenvalue weighted by atomic mass is 14.2. The number of aryl methyl sites for hydroxylation is 2. The van der Waals surface area contributed by atoms with Crippen molar-refractivity contribution in [2.45, 2.75) is 64.7 Å².